The minimum atomic E-state index is -3.93. The Morgan fingerprint density at radius 3 is 2.45 bits per heavy atom. The van der Waals surface area contributed by atoms with Gasteiger partial charge in [-0.3, -0.25) is 4.31 Å². The summed E-state index contributed by atoms with van der Waals surface area (Å²) >= 11 is 0.843. The van der Waals surface area contributed by atoms with E-state index in [1.807, 2.05) is 0 Å². The molecular formula is C14H15NO5S2. The lowest BCUT2D eigenvalue weighted by Crippen LogP contribution is -2.36. The molecule has 2 N–H and O–H groups in total. The fourth-order valence-electron chi connectivity index (χ4n) is 1.85. The van der Waals surface area contributed by atoms with Crippen LogP contribution in [0.5, 0.6) is 0 Å². The molecule has 1 aromatic heterocycles. The van der Waals surface area contributed by atoms with Crippen molar-refractivity contribution >= 4 is 33.0 Å². The van der Waals surface area contributed by atoms with E-state index < -0.39 is 22.1 Å². The van der Waals surface area contributed by atoms with Gasteiger partial charge >= 0.3 is 5.97 Å². The fourth-order valence-corrected chi connectivity index (χ4v) is 4.66. The molecule has 0 saturated carbocycles. The molecule has 0 aliphatic rings. The Bertz CT molecular complexity index is 753. The lowest BCUT2D eigenvalue weighted by Gasteiger charge is -2.24. The zero-order valence-corrected chi connectivity index (χ0v) is 13.3. The van der Waals surface area contributed by atoms with Crippen LogP contribution >= 0.6 is 11.3 Å². The van der Waals surface area contributed by atoms with E-state index in [1.54, 1.807) is 30.3 Å². The summed E-state index contributed by atoms with van der Waals surface area (Å²) in [5.41, 5.74) is 0.335. The second kappa shape index (κ2) is 6.47. The molecule has 0 saturated heterocycles. The third-order valence-corrected chi connectivity index (χ3v) is 6.05. The molecule has 6 nitrogen and oxygen atoms in total. The Morgan fingerprint density at radius 2 is 1.95 bits per heavy atom. The number of aliphatic hydroxyl groups excluding tert-OH is 1. The monoisotopic (exact) mass is 341 g/mol. The standard InChI is InChI=1S/C14H15NO5S2/c1-10(16)8-15(12-5-3-2-4-6-12)22(19,20)13-7-11(9-21-13)14(17)18/h2-7,9-10,16H,8H2,1H3,(H,17,18)/t10-/m1/s1. The van der Waals surface area contributed by atoms with Gasteiger partial charge in [-0.05, 0) is 25.1 Å². The Morgan fingerprint density at radius 1 is 1.32 bits per heavy atom. The number of sulfonamides is 1. The molecule has 0 bridgehead atoms. The summed E-state index contributed by atoms with van der Waals surface area (Å²) in [6, 6.07) is 9.50. The smallest absolute Gasteiger partial charge is 0.336 e. The van der Waals surface area contributed by atoms with Gasteiger partial charge in [-0.15, -0.1) is 11.3 Å². The van der Waals surface area contributed by atoms with Gasteiger partial charge in [-0.2, -0.15) is 0 Å². The molecule has 1 atom stereocenters. The molecular weight excluding hydrogens is 326 g/mol. The zero-order valence-electron chi connectivity index (χ0n) is 11.7. The van der Waals surface area contributed by atoms with Gasteiger partial charge in [0.1, 0.15) is 4.21 Å². The maximum atomic E-state index is 12.7. The number of rotatable bonds is 6. The summed E-state index contributed by atoms with van der Waals surface area (Å²) in [6.45, 7) is 1.37. The number of nitrogens with zero attached hydrogens (tertiary/aromatic N) is 1. The largest absolute Gasteiger partial charge is 0.478 e. The van der Waals surface area contributed by atoms with Gasteiger partial charge in [-0.25, -0.2) is 13.2 Å². The molecule has 1 aromatic carbocycles. The highest BCUT2D eigenvalue weighted by Crippen LogP contribution is 2.28. The summed E-state index contributed by atoms with van der Waals surface area (Å²) in [6.07, 6.45) is -0.867. The number of benzene rings is 1. The Balaban J connectivity index is 2.47. The summed E-state index contributed by atoms with van der Waals surface area (Å²) in [7, 11) is -3.93. The highest BCUT2D eigenvalue weighted by molar-refractivity contribution is 7.94. The van der Waals surface area contributed by atoms with Gasteiger partial charge < -0.3 is 10.2 Å². The van der Waals surface area contributed by atoms with Crippen molar-refractivity contribution in [2.75, 3.05) is 10.8 Å². The molecule has 8 heteroatoms. The van der Waals surface area contributed by atoms with E-state index in [2.05, 4.69) is 0 Å². The van der Waals surface area contributed by atoms with Gasteiger partial charge in [0.05, 0.1) is 23.9 Å². The Hall–Kier alpha value is -1.90. The number of aromatic carboxylic acids is 1. The minimum Gasteiger partial charge on any atom is -0.478 e. The molecule has 0 amide bonds. The van der Waals surface area contributed by atoms with E-state index in [-0.39, 0.29) is 16.3 Å². The third-order valence-electron chi connectivity index (χ3n) is 2.84. The van der Waals surface area contributed by atoms with Gasteiger partial charge in [0, 0.05) is 5.38 Å². The first-order chi connectivity index (χ1) is 10.3. The first-order valence-electron chi connectivity index (χ1n) is 6.40. The SMILES string of the molecule is C[C@@H](O)CN(c1ccccc1)S(=O)(=O)c1cc(C(=O)O)cs1. The first-order valence-corrected chi connectivity index (χ1v) is 8.72. The van der Waals surface area contributed by atoms with Crippen molar-refractivity contribution in [3.8, 4) is 0 Å². The first kappa shape index (κ1) is 16.5. The van der Waals surface area contributed by atoms with Crippen molar-refractivity contribution < 1.29 is 23.4 Å². The Kier molecular flexibility index (Phi) is 4.84. The molecule has 0 aliphatic carbocycles. The maximum Gasteiger partial charge on any atom is 0.336 e. The summed E-state index contributed by atoms with van der Waals surface area (Å²) in [5.74, 6) is -1.18. The molecule has 0 unspecified atom stereocenters. The van der Waals surface area contributed by atoms with Crippen molar-refractivity contribution in [1.82, 2.24) is 0 Å². The van der Waals surface area contributed by atoms with E-state index in [0.29, 0.717) is 5.69 Å². The fraction of sp³-hybridized carbons (Fsp3) is 0.214. The van der Waals surface area contributed by atoms with Crippen molar-refractivity contribution in [3.63, 3.8) is 0 Å². The number of hydrogen-bond acceptors (Lipinski definition) is 5. The topological polar surface area (TPSA) is 94.9 Å². The minimum absolute atomic E-state index is 0.0746. The van der Waals surface area contributed by atoms with E-state index in [0.717, 1.165) is 21.7 Å². The lowest BCUT2D eigenvalue weighted by molar-refractivity contribution is 0.0697. The molecule has 22 heavy (non-hydrogen) atoms. The molecule has 0 fully saturated rings. The van der Waals surface area contributed by atoms with E-state index >= 15 is 0 Å². The van der Waals surface area contributed by atoms with Gasteiger partial charge in [0.25, 0.3) is 10.0 Å². The number of hydrogen-bond donors (Lipinski definition) is 2. The normalized spacial score (nSPS) is 12.8. The van der Waals surface area contributed by atoms with Crippen LogP contribution in [0.3, 0.4) is 0 Å². The lowest BCUT2D eigenvalue weighted by atomic mass is 10.3. The second-order valence-corrected chi connectivity index (χ2v) is 7.68. The van der Waals surface area contributed by atoms with Crippen LogP contribution in [0, 0.1) is 0 Å². The number of carboxylic acid groups (broad SMARTS) is 1. The number of thiophene rings is 1. The van der Waals surface area contributed by atoms with Crippen LogP contribution in [0.1, 0.15) is 17.3 Å². The van der Waals surface area contributed by atoms with Crippen LogP contribution in [0.15, 0.2) is 46.0 Å². The molecule has 2 rings (SSSR count). The number of anilines is 1. The van der Waals surface area contributed by atoms with Crippen molar-refractivity contribution in [3.05, 3.63) is 47.3 Å². The summed E-state index contributed by atoms with van der Waals surface area (Å²) < 4.78 is 26.5. The predicted molar refractivity (Wildman–Crippen MR) is 83.9 cm³/mol. The second-order valence-electron chi connectivity index (χ2n) is 4.68. The molecule has 0 aliphatic heterocycles. The zero-order chi connectivity index (χ0) is 16.3. The van der Waals surface area contributed by atoms with Crippen molar-refractivity contribution in [2.24, 2.45) is 0 Å². The van der Waals surface area contributed by atoms with Crippen LogP contribution in [-0.4, -0.2) is 37.2 Å². The van der Waals surface area contributed by atoms with Crippen LogP contribution in [-0.2, 0) is 10.0 Å². The average molecular weight is 341 g/mol. The van der Waals surface area contributed by atoms with Crippen LogP contribution in [0.25, 0.3) is 0 Å². The van der Waals surface area contributed by atoms with Crippen molar-refractivity contribution in [1.29, 1.82) is 0 Å². The van der Waals surface area contributed by atoms with Crippen LogP contribution in [0.2, 0.25) is 0 Å². The van der Waals surface area contributed by atoms with Crippen molar-refractivity contribution in [2.45, 2.75) is 17.2 Å². The number of carbonyl (C=O) groups is 1. The van der Waals surface area contributed by atoms with Gasteiger partial charge in [0.15, 0.2) is 0 Å². The van der Waals surface area contributed by atoms with Gasteiger partial charge in [0.2, 0.25) is 0 Å². The van der Waals surface area contributed by atoms with Crippen LogP contribution in [0.4, 0.5) is 5.69 Å². The molecule has 1 heterocycles. The van der Waals surface area contributed by atoms with E-state index in [1.165, 1.54) is 12.3 Å². The van der Waals surface area contributed by atoms with E-state index in [4.69, 9.17) is 5.11 Å². The molecule has 118 valence electrons. The highest BCUT2D eigenvalue weighted by Gasteiger charge is 2.28. The third kappa shape index (κ3) is 3.46. The summed E-state index contributed by atoms with van der Waals surface area (Å²) in [4.78, 5) is 10.9. The molecule has 2 aromatic rings. The Labute approximate surface area is 132 Å². The average Bonchev–Trinajstić information content (AvgIpc) is 2.96. The number of aliphatic hydroxyl groups is 1. The molecule has 0 radical (unpaired) electrons. The summed E-state index contributed by atoms with van der Waals surface area (Å²) in [5, 5.41) is 19.8. The molecule has 0 spiro atoms. The number of carboxylic acids is 1. The van der Waals surface area contributed by atoms with E-state index in [9.17, 15) is 18.3 Å². The maximum absolute atomic E-state index is 12.7. The quantitative estimate of drug-likeness (QED) is 0.838. The van der Waals surface area contributed by atoms with Crippen LogP contribution < -0.4 is 4.31 Å². The number of para-hydroxylation sites is 1. The highest BCUT2D eigenvalue weighted by atomic mass is 32.2. The van der Waals surface area contributed by atoms with Gasteiger partial charge in [-0.1, -0.05) is 18.2 Å². The predicted octanol–water partition coefficient (Wildman–Crippen LogP) is 2.02.